The highest BCUT2D eigenvalue weighted by molar-refractivity contribution is 7.89. The van der Waals surface area contributed by atoms with Crippen molar-refractivity contribution in [2.75, 3.05) is 20.2 Å². The largest absolute Gasteiger partial charge is 0.497 e. The van der Waals surface area contributed by atoms with E-state index in [1.54, 1.807) is 12.1 Å². The van der Waals surface area contributed by atoms with E-state index in [1.807, 2.05) is 0 Å². The van der Waals surface area contributed by atoms with Crippen molar-refractivity contribution in [3.05, 3.63) is 48.4 Å². The van der Waals surface area contributed by atoms with Crippen LogP contribution in [-0.4, -0.2) is 47.5 Å². The lowest BCUT2D eigenvalue weighted by atomic mass is 10.1. The summed E-state index contributed by atoms with van der Waals surface area (Å²) in [7, 11) is -2.26. The summed E-state index contributed by atoms with van der Waals surface area (Å²) >= 11 is 0. The zero-order valence-corrected chi connectivity index (χ0v) is 16.8. The van der Waals surface area contributed by atoms with E-state index < -0.39 is 28.1 Å². The molecule has 1 aliphatic heterocycles. The van der Waals surface area contributed by atoms with Gasteiger partial charge in [0.15, 0.2) is 5.65 Å². The number of fused-ring (bicyclic) bond motifs is 1. The fourth-order valence-electron chi connectivity index (χ4n) is 3.71. The van der Waals surface area contributed by atoms with Crippen LogP contribution < -0.4 is 4.74 Å². The first-order valence-electron chi connectivity index (χ1n) is 9.26. The molecule has 0 unspecified atom stereocenters. The third-order valence-corrected chi connectivity index (χ3v) is 7.10. The lowest BCUT2D eigenvalue weighted by Crippen LogP contribution is -2.39. The first-order chi connectivity index (χ1) is 14.2. The average Bonchev–Trinajstić information content (AvgIpc) is 3.14. The van der Waals surface area contributed by atoms with Crippen molar-refractivity contribution in [2.24, 2.45) is 0 Å². The molecule has 0 aliphatic carbocycles. The van der Waals surface area contributed by atoms with Crippen LogP contribution in [0.5, 0.6) is 5.75 Å². The van der Waals surface area contributed by atoms with Gasteiger partial charge in [0.25, 0.3) is 0 Å². The Bertz CT molecular complexity index is 1150. The molecule has 2 aromatic heterocycles. The van der Waals surface area contributed by atoms with E-state index in [9.17, 15) is 21.6 Å². The monoisotopic (exact) mass is 440 g/mol. The molecule has 0 atom stereocenters. The molecule has 160 valence electrons. The van der Waals surface area contributed by atoms with Gasteiger partial charge in [-0.2, -0.15) is 17.5 Å². The maximum atomic E-state index is 13.6. The Hall–Kier alpha value is -2.66. The van der Waals surface area contributed by atoms with Crippen molar-refractivity contribution in [1.82, 2.24) is 18.8 Å². The number of hydrogen-bond acceptors (Lipinski definition) is 5. The van der Waals surface area contributed by atoms with Crippen LogP contribution in [0.3, 0.4) is 0 Å². The molecule has 1 aromatic carbocycles. The van der Waals surface area contributed by atoms with Gasteiger partial charge < -0.3 is 9.30 Å². The highest BCUT2D eigenvalue weighted by Gasteiger charge is 2.41. The number of benzene rings is 1. The van der Waals surface area contributed by atoms with E-state index in [2.05, 4.69) is 9.97 Å². The number of halogens is 3. The van der Waals surface area contributed by atoms with Crippen LogP contribution in [0.1, 0.15) is 24.7 Å². The van der Waals surface area contributed by atoms with Gasteiger partial charge in [-0.1, -0.05) is 0 Å². The summed E-state index contributed by atoms with van der Waals surface area (Å²) in [6.07, 6.45) is -2.77. The molecule has 0 radical (unpaired) electrons. The fourth-order valence-corrected chi connectivity index (χ4v) is 5.18. The van der Waals surface area contributed by atoms with Crippen molar-refractivity contribution in [2.45, 2.75) is 30.0 Å². The topological polar surface area (TPSA) is 77.3 Å². The third-order valence-electron chi connectivity index (χ3n) is 5.19. The molecule has 0 N–H and O–H groups in total. The van der Waals surface area contributed by atoms with Gasteiger partial charge in [-0.3, -0.25) is 0 Å². The van der Waals surface area contributed by atoms with Crippen LogP contribution in [0.2, 0.25) is 0 Å². The van der Waals surface area contributed by atoms with E-state index in [0.29, 0.717) is 5.75 Å². The standard InChI is InChI=1S/C19H19F3N4O3S/c1-29-14-4-6-15(7-5-14)30(27,28)25-11-8-13(9-12-25)26-17-16(3-2-10-23-17)24-18(26)19(20,21)22/h2-7,10,13H,8-9,11-12H2,1H3. The quantitative estimate of drug-likeness (QED) is 0.621. The van der Waals surface area contributed by atoms with Crippen molar-refractivity contribution in [1.29, 1.82) is 0 Å². The smallest absolute Gasteiger partial charge is 0.449 e. The molecule has 0 spiro atoms. The average molecular weight is 440 g/mol. The van der Waals surface area contributed by atoms with Crippen LogP contribution in [-0.2, 0) is 16.2 Å². The number of ether oxygens (including phenoxy) is 1. The van der Waals surface area contributed by atoms with Crippen molar-refractivity contribution >= 4 is 21.2 Å². The van der Waals surface area contributed by atoms with Crippen molar-refractivity contribution < 1.29 is 26.3 Å². The maximum absolute atomic E-state index is 13.6. The predicted octanol–water partition coefficient (Wildman–Crippen LogP) is 3.48. The summed E-state index contributed by atoms with van der Waals surface area (Å²) in [6.45, 7) is 0.200. The van der Waals surface area contributed by atoms with E-state index in [1.165, 1.54) is 41.9 Å². The number of pyridine rings is 1. The highest BCUT2D eigenvalue weighted by Crippen LogP contribution is 2.36. The summed E-state index contributed by atoms with van der Waals surface area (Å²) in [6, 6.07) is 8.48. The molecule has 0 amide bonds. The van der Waals surface area contributed by atoms with Gasteiger partial charge >= 0.3 is 6.18 Å². The summed E-state index contributed by atoms with van der Waals surface area (Å²) in [5.74, 6) is -0.473. The summed E-state index contributed by atoms with van der Waals surface area (Å²) in [4.78, 5) is 7.92. The minimum atomic E-state index is -4.63. The Morgan fingerprint density at radius 1 is 1.10 bits per heavy atom. The Kier molecular flexibility index (Phi) is 5.18. The Morgan fingerprint density at radius 2 is 1.77 bits per heavy atom. The molecule has 0 bridgehead atoms. The number of piperidine rings is 1. The van der Waals surface area contributed by atoms with Crippen molar-refractivity contribution in [3.63, 3.8) is 0 Å². The second-order valence-corrected chi connectivity index (χ2v) is 8.90. The predicted molar refractivity (Wildman–Crippen MR) is 103 cm³/mol. The first-order valence-corrected chi connectivity index (χ1v) is 10.7. The highest BCUT2D eigenvalue weighted by atomic mass is 32.2. The molecule has 1 fully saturated rings. The molecular formula is C19H19F3N4O3S. The van der Waals surface area contributed by atoms with Gasteiger partial charge in [0, 0.05) is 25.3 Å². The van der Waals surface area contributed by atoms with Gasteiger partial charge in [0.2, 0.25) is 15.8 Å². The molecule has 3 aromatic rings. The van der Waals surface area contributed by atoms with Crippen LogP contribution in [0.4, 0.5) is 13.2 Å². The second kappa shape index (κ2) is 7.55. The lowest BCUT2D eigenvalue weighted by molar-refractivity contribution is -0.147. The maximum Gasteiger partial charge on any atom is 0.449 e. The van der Waals surface area contributed by atoms with E-state index >= 15 is 0 Å². The molecule has 1 aliphatic rings. The van der Waals surface area contributed by atoms with Gasteiger partial charge in [-0.15, -0.1) is 0 Å². The van der Waals surface area contributed by atoms with Gasteiger partial charge in [-0.05, 0) is 49.2 Å². The first kappa shape index (κ1) is 20.6. The number of alkyl halides is 3. The molecule has 0 saturated carbocycles. The summed E-state index contributed by atoms with van der Waals surface area (Å²) < 4.78 is 73.9. The van der Waals surface area contributed by atoms with Crippen LogP contribution in [0, 0.1) is 0 Å². The van der Waals surface area contributed by atoms with Crippen molar-refractivity contribution in [3.8, 4) is 5.75 Å². The van der Waals surface area contributed by atoms with Crippen LogP contribution in [0.15, 0.2) is 47.5 Å². The number of imidazole rings is 1. The minimum Gasteiger partial charge on any atom is -0.497 e. The minimum absolute atomic E-state index is 0.100. The molecule has 7 nitrogen and oxygen atoms in total. The normalized spacial score (nSPS) is 16.8. The zero-order chi connectivity index (χ0) is 21.5. The molecule has 3 heterocycles. The third kappa shape index (κ3) is 3.63. The Labute approximate surface area is 171 Å². The number of rotatable bonds is 4. The van der Waals surface area contributed by atoms with Gasteiger partial charge in [0.1, 0.15) is 11.3 Å². The van der Waals surface area contributed by atoms with E-state index in [0.717, 1.165) is 4.57 Å². The number of aromatic nitrogens is 3. The molecule has 1 saturated heterocycles. The number of methoxy groups -OCH3 is 1. The molecule has 30 heavy (non-hydrogen) atoms. The number of hydrogen-bond donors (Lipinski definition) is 0. The fraction of sp³-hybridized carbons (Fsp3) is 0.368. The lowest BCUT2D eigenvalue weighted by Gasteiger charge is -2.32. The van der Waals surface area contributed by atoms with Crippen LogP contribution in [0.25, 0.3) is 11.2 Å². The second-order valence-electron chi connectivity index (χ2n) is 6.96. The number of nitrogens with zero attached hydrogens (tertiary/aromatic N) is 4. The molecule has 11 heteroatoms. The van der Waals surface area contributed by atoms with E-state index in [-0.39, 0.29) is 42.0 Å². The molecular weight excluding hydrogens is 421 g/mol. The van der Waals surface area contributed by atoms with E-state index in [4.69, 9.17) is 4.74 Å². The summed E-state index contributed by atoms with van der Waals surface area (Å²) in [5.41, 5.74) is 0.319. The summed E-state index contributed by atoms with van der Waals surface area (Å²) in [5, 5.41) is 0. The SMILES string of the molecule is COc1ccc(S(=O)(=O)N2CCC(n3c(C(F)(F)F)nc4cccnc43)CC2)cc1. The van der Waals surface area contributed by atoms with Gasteiger partial charge in [-0.25, -0.2) is 18.4 Å². The van der Waals surface area contributed by atoms with Gasteiger partial charge in [0.05, 0.1) is 12.0 Å². The number of sulfonamides is 1. The van der Waals surface area contributed by atoms with Crippen LogP contribution >= 0.6 is 0 Å². The molecule has 4 rings (SSSR count). The Morgan fingerprint density at radius 3 is 2.37 bits per heavy atom. The zero-order valence-electron chi connectivity index (χ0n) is 16.0. The Balaban J connectivity index is 1.59.